The molecule has 0 fully saturated rings. The van der Waals surface area contributed by atoms with Gasteiger partial charge < -0.3 is 4.42 Å². The summed E-state index contributed by atoms with van der Waals surface area (Å²) >= 11 is 0. The lowest BCUT2D eigenvalue weighted by atomic mass is 10.8. The monoisotopic (exact) mass is 173 g/mol. The summed E-state index contributed by atoms with van der Waals surface area (Å²) < 4.78 is 26.7. The zero-order chi connectivity index (χ0) is 8.32. The Hall–Kier alpha value is -1.10. The van der Waals surface area contributed by atoms with Crippen molar-refractivity contribution in [3.63, 3.8) is 0 Å². The third-order valence-corrected chi connectivity index (χ3v) is 2.42. The van der Waals surface area contributed by atoms with Crippen LogP contribution in [0.2, 0.25) is 0 Å². The van der Waals surface area contributed by atoms with Crippen LogP contribution in [0.4, 0.5) is 0 Å². The average Bonchev–Trinajstić information content (AvgIpc) is 2.37. The molecule has 0 aliphatic carbocycles. The van der Waals surface area contributed by atoms with Crippen LogP contribution in [0, 0.1) is 0 Å². The number of nitrogens with zero attached hydrogens (tertiary/aromatic N) is 1. The van der Waals surface area contributed by atoms with Gasteiger partial charge in [-0.1, -0.05) is 6.08 Å². The van der Waals surface area contributed by atoms with Crippen molar-refractivity contribution in [2.24, 2.45) is 0 Å². The minimum Gasteiger partial charge on any atom is -0.437 e. The lowest BCUT2D eigenvalue weighted by Crippen LogP contribution is -2.04. The van der Waals surface area contributed by atoms with Gasteiger partial charge in [0.15, 0.2) is 0 Å². The van der Waals surface area contributed by atoms with Crippen LogP contribution in [0.25, 0.3) is 0 Å². The van der Waals surface area contributed by atoms with Crippen LogP contribution >= 0.6 is 0 Å². The second-order valence-electron chi connectivity index (χ2n) is 1.87. The van der Waals surface area contributed by atoms with E-state index in [0.29, 0.717) is 0 Å². The molecule has 11 heavy (non-hydrogen) atoms. The molecule has 0 saturated carbocycles. The average molecular weight is 173 g/mol. The summed E-state index contributed by atoms with van der Waals surface area (Å²) in [5.41, 5.74) is 0. The number of sulfone groups is 1. The third kappa shape index (κ3) is 1.68. The number of hydrogen-bond acceptors (Lipinski definition) is 4. The van der Waals surface area contributed by atoms with Gasteiger partial charge in [0.05, 0.1) is 11.9 Å². The van der Waals surface area contributed by atoms with Gasteiger partial charge in [0, 0.05) is 0 Å². The normalized spacial score (nSPS) is 11.3. The molecule has 0 radical (unpaired) electrons. The molecule has 5 heteroatoms. The third-order valence-electron chi connectivity index (χ3n) is 1.01. The van der Waals surface area contributed by atoms with Crippen LogP contribution < -0.4 is 0 Å². The molecule has 0 aliphatic rings. The number of aromatic nitrogens is 1. The first-order valence-electron chi connectivity index (χ1n) is 2.90. The molecule has 1 aromatic heterocycles. The molecular weight excluding hydrogens is 166 g/mol. The molecule has 0 spiro atoms. The van der Waals surface area contributed by atoms with E-state index in [0.717, 1.165) is 0 Å². The Balaban J connectivity index is 3.01. The van der Waals surface area contributed by atoms with Gasteiger partial charge in [0.1, 0.15) is 6.26 Å². The zero-order valence-corrected chi connectivity index (χ0v) is 6.54. The molecule has 0 aliphatic heterocycles. The lowest BCUT2D eigenvalue weighted by Gasteiger charge is -1.91. The first-order valence-corrected chi connectivity index (χ1v) is 4.55. The molecule has 0 aromatic carbocycles. The van der Waals surface area contributed by atoms with Crippen molar-refractivity contribution in [1.29, 1.82) is 0 Å². The predicted octanol–water partition coefficient (Wildman–Crippen LogP) is 0.634. The van der Waals surface area contributed by atoms with Crippen LogP contribution in [-0.4, -0.2) is 19.2 Å². The summed E-state index contributed by atoms with van der Waals surface area (Å²) in [5, 5.41) is -0.252. The molecule has 1 aromatic rings. The van der Waals surface area contributed by atoms with Crippen LogP contribution in [0.1, 0.15) is 0 Å². The van der Waals surface area contributed by atoms with E-state index < -0.39 is 9.84 Å². The van der Waals surface area contributed by atoms with E-state index in [1.165, 1.54) is 18.5 Å². The van der Waals surface area contributed by atoms with E-state index >= 15 is 0 Å². The van der Waals surface area contributed by atoms with Crippen molar-refractivity contribution in [3.8, 4) is 0 Å². The Kier molecular flexibility index (Phi) is 2.09. The molecule has 1 rings (SSSR count). The van der Waals surface area contributed by atoms with Crippen LogP contribution in [-0.2, 0) is 9.84 Å². The van der Waals surface area contributed by atoms with Gasteiger partial charge in [-0.15, -0.1) is 6.58 Å². The molecule has 0 saturated heterocycles. The van der Waals surface area contributed by atoms with E-state index in [4.69, 9.17) is 0 Å². The summed E-state index contributed by atoms with van der Waals surface area (Å²) in [6.45, 7) is 3.31. The van der Waals surface area contributed by atoms with Crippen molar-refractivity contribution in [3.05, 3.63) is 25.1 Å². The van der Waals surface area contributed by atoms with Gasteiger partial charge in [-0.3, -0.25) is 0 Å². The largest absolute Gasteiger partial charge is 0.437 e. The Labute approximate surface area is 64.5 Å². The molecule has 0 atom stereocenters. The molecule has 0 unspecified atom stereocenters. The van der Waals surface area contributed by atoms with Crippen molar-refractivity contribution >= 4 is 9.84 Å². The molecule has 1 heterocycles. The van der Waals surface area contributed by atoms with E-state index in [1.54, 1.807) is 0 Å². The fraction of sp³-hybridized carbons (Fsp3) is 0.167. The number of oxazole rings is 1. The Morgan fingerprint density at radius 3 is 2.91 bits per heavy atom. The minimum absolute atomic E-state index is 0.145. The Morgan fingerprint density at radius 1 is 1.73 bits per heavy atom. The van der Waals surface area contributed by atoms with E-state index in [2.05, 4.69) is 16.0 Å². The maximum absolute atomic E-state index is 11.1. The van der Waals surface area contributed by atoms with Gasteiger partial charge in [-0.05, 0) is 0 Å². The van der Waals surface area contributed by atoms with Crippen LogP contribution in [0.3, 0.4) is 0 Å². The number of rotatable bonds is 3. The maximum atomic E-state index is 11.1. The smallest absolute Gasteiger partial charge is 0.315 e. The molecule has 0 N–H and O–H groups in total. The molecule has 4 nitrogen and oxygen atoms in total. The summed E-state index contributed by atoms with van der Waals surface area (Å²) in [6, 6.07) is 0. The van der Waals surface area contributed by atoms with E-state index in [1.807, 2.05) is 0 Å². The highest BCUT2D eigenvalue weighted by molar-refractivity contribution is 7.91. The van der Waals surface area contributed by atoms with Gasteiger partial charge in [-0.2, -0.15) is 0 Å². The molecule has 0 bridgehead atoms. The summed E-state index contributed by atoms with van der Waals surface area (Å²) in [7, 11) is -3.36. The highest BCUT2D eigenvalue weighted by Gasteiger charge is 2.16. The quantitative estimate of drug-likeness (QED) is 0.629. The van der Waals surface area contributed by atoms with Crippen molar-refractivity contribution < 1.29 is 12.8 Å². The fourth-order valence-corrected chi connectivity index (χ4v) is 1.47. The van der Waals surface area contributed by atoms with Gasteiger partial charge >= 0.3 is 5.22 Å². The van der Waals surface area contributed by atoms with Crippen LogP contribution in [0.5, 0.6) is 0 Å². The highest BCUT2D eigenvalue weighted by Crippen LogP contribution is 2.06. The van der Waals surface area contributed by atoms with Gasteiger partial charge in [0.2, 0.25) is 9.84 Å². The lowest BCUT2D eigenvalue weighted by molar-refractivity contribution is 0.431. The van der Waals surface area contributed by atoms with Crippen molar-refractivity contribution in [2.75, 3.05) is 5.75 Å². The minimum atomic E-state index is -3.36. The van der Waals surface area contributed by atoms with Gasteiger partial charge in [0.25, 0.3) is 0 Å². The summed E-state index contributed by atoms with van der Waals surface area (Å²) in [4.78, 5) is 3.50. The second-order valence-corrected chi connectivity index (χ2v) is 3.78. The maximum Gasteiger partial charge on any atom is 0.315 e. The van der Waals surface area contributed by atoms with Gasteiger partial charge in [-0.25, -0.2) is 13.4 Å². The Bertz CT molecular complexity index is 325. The molecular formula is C6H7NO3S. The van der Waals surface area contributed by atoms with Crippen molar-refractivity contribution in [2.45, 2.75) is 5.22 Å². The van der Waals surface area contributed by atoms with Crippen molar-refractivity contribution in [1.82, 2.24) is 4.98 Å². The van der Waals surface area contributed by atoms with E-state index in [-0.39, 0.29) is 11.0 Å². The standard InChI is InChI=1S/C6H7NO3S/c1-2-5-11(8,9)6-7-3-4-10-6/h2-4H,1,5H2. The first kappa shape index (κ1) is 8.00. The Morgan fingerprint density at radius 2 is 2.45 bits per heavy atom. The first-order chi connectivity index (χ1) is 5.17. The predicted molar refractivity (Wildman–Crippen MR) is 38.8 cm³/mol. The summed E-state index contributed by atoms with van der Waals surface area (Å²) in [6.07, 6.45) is 3.80. The zero-order valence-electron chi connectivity index (χ0n) is 5.73. The molecule has 60 valence electrons. The van der Waals surface area contributed by atoms with E-state index in [9.17, 15) is 8.42 Å². The number of hydrogen-bond donors (Lipinski definition) is 0. The fourth-order valence-electron chi connectivity index (χ4n) is 0.590. The van der Waals surface area contributed by atoms with Crippen LogP contribution in [0.15, 0.2) is 34.8 Å². The highest BCUT2D eigenvalue weighted by atomic mass is 32.2. The second kappa shape index (κ2) is 2.87. The molecule has 0 amide bonds. The SMILES string of the molecule is C=CCS(=O)(=O)c1ncco1. The summed E-state index contributed by atoms with van der Waals surface area (Å²) in [5.74, 6) is -0.145. The topological polar surface area (TPSA) is 60.2 Å².